The molecule has 1 unspecified atom stereocenters. The first-order valence-electron chi connectivity index (χ1n) is 7.45. The molecule has 1 aliphatic carbocycles. The number of aliphatic hydroxyl groups is 1. The fourth-order valence-corrected chi connectivity index (χ4v) is 3.15. The molecule has 0 spiro atoms. The molecule has 1 heterocycles. The van der Waals surface area contributed by atoms with E-state index in [1.807, 2.05) is 18.7 Å². The average Bonchev–Trinajstić information content (AvgIpc) is 2.93. The lowest BCUT2D eigenvalue weighted by Crippen LogP contribution is -2.28. The van der Waals surface area contributed by atoms with Gasteiger partial charge in [0.25, 0.3) is 0 Å². The van der Waals surface area contributed by atoms with E-state index in [0.29, 0.717) is 6.54 Å². The number of hydrogen-bond acceptors (Lipinski definition) is 3. The second kappa shape index (κ2) is 6.53. The number of nitrogens with zero attached hydrogens (tertiary/aromatic N) is 2. The number of aliphatic hydroxyl groups excluding tert-OH is 1. The Bertz CT molecular complexity index is 408. The predicted molar refractivity (Wildman–Crippen MR) is 77.0 cm³/mol. The van der Waals surface area contributed by atoms with Crippen molar-refractivity contribution < 1.29 is 5.11 Å². The Morgan fingerprint density at radius 2 is 2.05 bits per heavy atom. The van der Waals surface area contributed by atoms with E-state index in [0.717, 1.165) is 24.6 Å². The molecule has 1 aromatic heterocycles. The molecule has 19 heavy (non-hydrogen) atoms. The summed E-state index contributed by atoms with van der Waals surface area (Å²) >= 11 is 0. The lowest BCUT2D eigenvalue weighted by molar-refractivity contribution is 0.140. The minimum Gasteiger partial charge on any atom is -0.392 e. The van der Waals surface area contributed by atoms with Gasteiger partial charge in [-0.1, -0.05) is 25.7 Å². The summed E-state index contributed by atoms with van der Waals surface area (Å²) in [4.78, 5) is 0. The zero-order valence-electron chi connectivity index (χ0n) is 12.4. The van der Waals surface area contributed by atoms with Crippen LogP contribution in [0.15, 0.2) is 0 Å². The maximum atomic E-state index is 10.0. The minimum atomic E-state index is -0.208. The van der Waals surface area contributed by atoms with Crippen molar-refractivity contribution in [2.24, 2.45) is 13.0 Å². The van der Waals surface area contributed by atoms with Crippen LogP contribution in [0.5, 0.6) is 0 Å². The van der Waals surface area contributed by atoms with Crippen molar-refractivity contribution in [2.45, 2.75) is 58.6 Å². The van der Waals surface area contributed by atoms with Gasteiger partial charge in [-0.25, -0.2) is 0 Å². The van der Waals surface area contributed by atoms with E-state index >= 15 is 0 Å². The van der Waals surface area contributed by atoms with E-state index in [2.05, 4.69) is 17.3 Å². The average molecular weight is 265 g/mol. The van der Waals surface area contributed by atoms with Crippen LogP contribution in [0.3, 0.4) is 0 Å². The second-order valence-electron chi connectivity index (χ2n) is 5.94. The van der Waals surface area contributed by atoms with Gasteiger partial charge in [-0.15, -0.1) is 0 Å². The van der Waals surface area contributed by atoms with Gasteiger partial charge < -0.3 is 10.4 Å². The standard InChI is InChI=1S/C15H27N3O/c1-11-15(12(2)18(3)17-11)10-16-9-14(19)8-13-6-4-5-7-13/h13-14,16,19H,4-10H2,1-3H3. The molecule has 4 nitrogen and oxygen atoms in total. The van der Waals surface area contributed by atoms with Crippen LogP contribution < -0.4 is 5.32 Å². The molecule has 0 saturated heterocycles. The zero-order valence-corrected chi connectivity index (χ0v) is 12.4. The summed E-state index contributed by atoms with van der Waals surface area (Å²) in [5.74, 6) is 0.749. The predicted octanol–water partition coefficient (Wildman–Crippen LogP) is 2.07. The highest BCUT2D eigenvalue weighted by Crippen LogP contribution is 2.28. The molecule has 0 amide bonds. The summed E-state index contributed by atoms with van der Waals surface area (Å²) in [5.41, 5.74) is 3.55. The van der Waals surface area contributed by atoms with Crippen molar-refractivity contribution >= 4 is 0 Å². The number of nitrogens with one attached hydrogen (secondary N) is 1. The fourth-order valence-electron chi connectivity index (χ4n) is 3.15. The molecule has 1 atom stereocenters. The van der Waals surface area contributed by atoms with Crippen molar-refractivity contribution in [3.63, 3.8) is 0 Å². The van der Waals surface area contributed by atoms with Crippen LogP contribution in [-0.2, 0) is 13.6 Å². The first-order valence-corrected chi connectivity index (χ1v) is 7.45. The van der Waals surface area contributed by atoms with Crippen molar-refractivity contribution in [1.82, 2.24) is 15.1 Å². The first-order chi connectivity index (χ1) is 9.08. The number of aromatic nitrogens is 2. The van der Waals surface area contributed by atoms with Crippen molar-refractivity contribution in [1.29, 1.82) is 0 Å². The molecule has 1 aliphatic rings. The lowest BCUT2D eigenvalue weighted by atomic mass is 10.00. The largest absolute Gasteiger partial charge is 0.392 e. The molecule has 0 radical (unpaired) electrons. The summed E-state index contributed by atoms with van der Waals surface area (Å²) < 4.78 is 1.92. The Hall–Kier alpha value is -0.870. The molecule has 0 aromatic carbocycles. The molecule has 4 heteroatoms. The van der Waals surface area contributed by atoms with E-state index in [1.54, 1.807) is 0 Å². The van der Waals surface area contributed by atoms with Gasteiger partial charge in [-0.3, -0.25) is 4.68 Å². The Balaban J connectivity index is 1.73. The van der Waals surface area contributed by atoms with Gasteiger partial charge in [-0.2, -0.15) is 5.10 Å². The van der Waals surface area contributed by atoms with E-state index in [-0.39, 0.29) is 6.10 Å². The highest BCUT2D eigenvalue weighted by Gasteiger charge is 2.18. The monoisotopic (exact) mass is 265 g/mol. The van der Waals surface area contributed by atoms with Crippen LogP contribution >= 0.6 is 0 Å². The second-order valence-corrected chi connectivity index (χ2v) is 5.94. The molecular weight excluding hydrogens is 238 g/mol. The highest BCUT2D eigenvalue weighted by molar-refractivity contribution is 5.23. The summed E-state index contributed by atoms with van der Waals surface area (Å²) in [6.07, 6.45) is 6.05. The van der Waals surface area contributed by atoms with Crippen LogP contribution in [0.1, 0.15) is 49.1 Å². The number of rotatable bonds is 6. The Kier molecular flexibility index (Phi) is 4.99. The summed E-state index contributed by atoms with van der Waals surface area (Å²) in [5, 5.41) is 17.8. The van der Waals surface area contributed by atoms with Crippen molar-refractivity contribution in [3.05, 3.63) is 17.0 Å². The Morgan fingerprint density at radius 1 is 1.37 bits per heavy atom. The number of hydrogen-bond donors (Lipinski definition) is 2. The topological polar surface area (TPSA) is 50.1 Å². The van der Waals surface area contributed by atoms with Crippen molar-refractivity contribution in [3.8, 4) is 0 Å². The summed E-state index contributed by atoms with van der Waals surface area (Å²) in [7, 11) is 1.97. The number of aryl methyl sites for hydroxylation is 2. The van der Waals surface area contributed by atoms with Gasteiger partial charge >= 0.3 is 0 Å². The zero-order chi connectivity index (χ0) is 13.8. The fraction of sp³-hybridized carbons (Fsp3) is 0.800. The van der Waals surface area contributed by atoms with Crippen LogP contribution in [0, 0.1) is 19.8 Å². The smallest absolute Gasteiger partial charge is 0.0667 e. The molecule has 1 aromatic rings. The van der Waals surface area contributed by atoms with Gasteiger partial charge in [0.1, 0.15) is 0 Å². The minimum absolute atomic E-state index is 0.208. The molecule has 108 valence electrons. The Labute approximate surface area is 116 Å². The van der Waals surface area contributed by atoms with Crippen LogP contribution in [-0.4, -0.2) is 27.5 Å². The quantitative estimate of drug-likeness (QED) is 0.828. The molecular formula is C15H27N3O. The van der Waals surface area contributed by atoms with Gasteiger partial charge in [0.05, 0.1) is 11.8 Å². The molecule has 1 fully saturated rings. The van der Waals surface area contributed by atoms with E-state index in [4.69, 9.17) is 0 Å². The Morgan fingerprint density at radius 3 is 2.63 bits per heavy atom. The first kappa shape index (κ1) is 14.5. The van der Waals surface area contributed by atoms with Gasteiger partial charge in [-0.05, 0) is 26.2 Å². The normalized spacial score (nSPS) is 18.1. The van der Waals surface area contributed by atoms with Crippen LogP contribution in [0.2, 0.25) is 0 Å². The molecule has 0 bridgehead atoms. The van der Waals surface area contributed by atoms with E-state index in [9.17, 15) is 5.11 Å². The molecule has 1 saturated carbocycles. The van der Waals surface area contributed by atoms with Crippen molar-refractivity contribution in [2.75, 3.05) is 6.54 Å². The van der Waals surface area contributed by atoms with E-state index in [1.165, 1.54) is 36.9 Å². The van der Waals surface area contributed by atoms with Gasteiger partial charge in [0.15, 0.2) is 0 Å². The molecule has 2 N–H and O–H groups in total. The molecule has 0 aliphatic heterocycles. The third-order valence-corrected chi connectivity index (χ3v) is 4.42. The maximum absolute atomic E-state index is 10.0. The molecule has 2 rings (SSSR count). The van der Waals surface area contributed by atoms with Crippen LogP contribution in [0.25, 0.3) is 0 Å². The van der Waals surface area contributed by atoms with Crippen LogP contribution in [0.4, 0.5) is 0 Å². The SMILES string of the molecule is Cc1nn(C)c(C)c1CNCC(O)CC1CCCC1. The summed E-state index contributed by atoms with van der Waals surface area (Å²) in [6, 6.07) is 0. The lowest BCUT2D eigenvalue weighted by Gasteiger charge is -2.16. The van der Waals surface area contributed by atoms with Gasteiger partial charge in [0, 0.05) is 31.4 Å². The third kappa shape index (κ3) is 3.80. The third-order valence-electron chi connectivity index (χ3n) is 4.42. The maximum Gasteiger partial charge on any atom is 0.0667 e. The highest BCUT2D eigenvalue weighted by atomic mass is 16.3. The van der Waals surface area contributed by atoms with E-state index < -0.39 is 0 Å². The summed E-state index contributed by atoms with van der Waals surface area (Å²) in [6.45, 7) is 5.61. The van der Waals surface area contributed by atoms with Gasteiger partial charge in [0.2, 0.25) is 0 Å².